The van der Waals surface area contributed by atoms with Crippen LogP contribution < -0.4 is 10.1 Å². The zero-order valence-corrected chi connectivity index (χ0v) is 11.2. The fourth-order valence-electron chi connectivity index (χ4n) is 2.08. The van der Waals surface area contributed by atoms with Crippen LogP contribution >= 0.6 is 0 Å². The van der Waals surface area contributed by atoms with Gasteiger partial charge in [-0.3, -0.25) is 0 Å². The van der Waals surface area contributed by atoms with Crippen LogP contribution in [0.3, 0.4) is 0 Å². The van der Waals surface area contributed by atoms with Gasteiger partial charge in [0.15, 0.2) is 0 Å². The number of carbonyl (C=O) groups is 1. The summed E-state index contributed by atoms with van der Waals surface area (Å²) in [6.07, 6.45) is 3.22. The van der Waals surface area contributed by atoms with Gasteiger partial charge >= 0.3 is 5.97 Å². The van der Waals surface area contributed by atoms with Gasteiger partial charge in [0.05, 0.1) is 18.8 Å². The molecular weight excluding hydrogens is 272 g/mol. The Morgan fingerprint density at radius 2 is 2.19 bits per heavy atom. The molecule has 2 heterocycles. The zero-order valence-electron chi connectivity index (χ0n) is 11.2. The van der Waals surface area contributed by atoms with Crippen molar-refractivity contribution in [2.75, 3.05) is 12.4 Å². The number of fused-ring (bicyclic) bond motifs is 1. The predicted molar refractivity (Wildman–Crippen MR) is 77.2 cm³/mol. The van der Waals surface area contributed by atoms with E-state index in [1.807, 2.05) is 6.07 Å². The summed E-state index contributed by atoms with van der Waals surface area (Å²) >= 11 is 0. The minimum atomic E-state index is -1.03. The molecule has 6 nitrogen and oxygen atoms in total. The first kappa shape index (κ1) is 13.0. The third kappa shape index (κ3) is 2.38. The van der Waals surface area contributed by atoms with E-state index in [-0.39, 0.29) is 11.3 Å². The molecule has 0 unspecified atom stereocenters. The van der Waals surface area contributed by atoms with Gasteiger partial charge in [0.25, 0.3) is 0 Å². The van der Waals surface area contributed by atoms with Gasteiger partial charge in [0.1, 0.15) is 22.7 Å². The Morgan fingerprint density at radius 1 is 1.33 bits per heavy atom. The first-order chi connectivity index (χ1) is 10.2. The highest BCUT2D eigenvalue weighted by Crippen LogP contribution is 2.28. The van der Waals surface area contributed by atoms with Crippen LogP contribution in [0, 0.1) is 0 Å². The van der Waals surface area contributed by atoms with Crippen molar-refractivity contribution in [3.63, 3.8) is 0 Å². The van der Waals surface area contributed by atoms with Crippen molar-refractivity contribution in [2.24, 2.45) is 0 Å². The Morgan fingerprint density at radius 3 is 2.95 bits per heavy atom. The fraction of sp³-hybridized carbons (Fsp3) is 0.0667. The monoisotopic (exact) mass is 284 g/mol. The molecule has 0 atom stereocenters. The van der Waals surface area contributed by atoms with Crippen LogP contribution in [0.15, 0.2) is 47.2 Å². The van der Waals surface area contributed by atoms with Crippen LogP contribution in [0.1, 0.15) is 10.4 Å². The van der Waals surface area contributed by atoms with Gasteiger partial charge in [-0.15, -0.1) is 0 Å². The van der Waals surface area contributed by atoms with E-state index in [1.54, 1.807) is 30.7 Å². The summed E-state index contributed by atoms with van der Waals surface area (Å²) in [7, 11) is 1.43. The minimum absolute atomic E-state index is 0.109. The number of carboxylic acids is 1. The molecule has 21 heavy (non-hydrogen) atoms. The highest BCUT2D eigenvalue weighted by atomic mass is 16.5. The normalized spacial score (nSPS) is 10.5. The number of ether oxygens (including phenoxy) is 1. The Balaban J connectivity index is 1.98. The maximum atomic E-state index is 11.1. The largest absolute Gasteiger partial charge is 0.496 e. The molecule has 0 aliphatic rings. The summed E-state index contributed by atoms with van der Waals surface area (Å²) < 4.78 is 10.4. The predicted octanol–water partition coefficient (Wildman–Crippen LogP) is 3.28. The summed E-state index contributed by atoms with van der Waals surface area (Å²) in [6.45, 7) is 0. The average molecular weight is 284 g/mol. The topological polar surface area (TPSA) is 84.6 Å². The number of aromatic nitrogens is 1. The molecule has 6 heteroatoms. The molecule has 2 N–H and O–H groups in total. The molecule has 2 aromatic heterocycles. The van der Waals surface area contributed by atoms with Gasteiger partial charge in [-0.25, -0.2) is 9.78 Å². The molecule has 0 saturated carbocycles. The second-order valence-electron chi connectivity index (χ2n) is 4.34. The quantitative estimate of drug-likeness (QED) is 0.764. The van der Waals surface area contributed by atoms with E-state index >= 15 is 0 Å². The smallest absolute Gasteiger partial charge is 0.339 e. The first-order valence-corrected chi connectivity index (χ1v) is 6.19. The number of hydrogen-bond acceptors (Lipinski definition) is 5. The zero-order chi connectivity index (χ0) is 14.8. The number of carboxylic acid groups (broad SMARTS) is 1. The second kappa shape index (κ2) is 5.16. The lowest BCUT2D eigenvalue weighted by Crippen LogP contribution is -2.01. The molecule has 0 bridgehead atoms. The van der Waals surface area contributed by atoms with Crippen LogP contribution in [-0.2, 0) is 0 Å². The SMILES string of the molecule is COc1cc(Nc2nccc3occc23)ccc1C(=O)O. The van der Waals surface area contributed by atoms with Gasteiger partial charge in [0.2, 0.25) is 0 Å². The molecule has 106 valence electrons. The molecule has 0 amide bonds. The van der Waals surface area contributed by atoms with E-state index in [1.165, 1.54) is 13.2 Å². The number of nitrogens with one attached hydrogen (secondary N) is 1. The summed E-state index contributed by atoms with van der Waals surface area (Å²) in [5, 5.41) is 13.0. The van der Waals surface area contributed by atoms with E-state index in [2.05, 4.69) is 10.3 Å². The van der Waals surface area contributed by atoms with E-state index < -0.39 is 5.97 Å². The van der Waals surface area contributed by atoms with Crippen molar-refractivity contribution < 1.29 is 19.1 Å². The molecule has 0 fully saturated rings. The lowest BCUT2D eigenvalue weighted by atomic mass is 10.2. The summed E-state index contributed by atoms with van der Waals surface area (Å²) in [6, 6.07) is 8.35. The number of benzene rings is 1. The highest BCUT2D eigenvalue weighted by molar-refractivity contribution is 5.93. The first-order valence-electron chi connectivity index (χ1n) is 6.19. The van der Waals surface area contributed by atoms with Crippen molar-refractivity contribution in [2.45, 2.75) is 0 Å². The standard InChI is InChI=1S/C15H12N2O4/c1-20-13-8-9(2-3-11(13)15(18)19)17-14-10-5-7-21-12(10)4-6-16-14/h2-8H,1H3,(H,16,17)(H,18,19). The van der Waals surface area contributed by atoms with E-state index in [0.29, 0.717) is 11.5 Å². The molecule has 0 spiro atoms. The number of hydrogen-bond donors (Lipinski definition) is 2. The molecule has 0 saturated heterocycles. The molecule has 0 aliphatic heterocycles. The number of methoxy groups -OCH3 is 1. The van der Waals surface area contributed by atoms with Crippen molar-refractivity contribution in [1.29, 1.82) is 0 Å². The highest BCUT2D eigenvalue weighted by Gasteiger charge is 2.12. The van der Waals surface area contributed by atoms with Crippen molar-refractivity contribution in [1.82, 2.24) is 4.98 Å². The Labute approximate surface area is 120 Å². The van der Waals surface area contributed by atoms with E-state index in [4.69, 9.17) is 14.3 Å². The number of nitrogens with zero attached hydrogens (tertiary/aromatic N) is 1. The summed E-state index contributed by atoms with van der Waals surface area (Å²) in [4.78, 5) is 15.3. The van der Waals surface area contributed by atoms with Gasteiger partial charge in [-0.1, -0.05) is 0 Å². The maximum Gasteiger partial charge on any atom is 0.339 e. The third-order valence-corrected chi connectivity index (χ3v) is 3.07. The molecule has 1 aromatic carbocycles. The lowest BCUT2D eigenvalue weighted by Gasteiger charge is -2.10. The van der Waals surface area contributed by atoms with Crippen molar-refractivity contribution in [3.8, 4) is 5.75 Å². The van der Waals surface area contributed by atoms with Crippen LogP contribution in [-0.4, -0.2) is 23.2 Å². The number of rotatable bonds is 4. The van der Waals surface area contributed by atoms with Crippen LogP contribution in [0.4, 0.5) is 11.5 Å². The lowest BCUT2D eigenvalue weighted by molar-refractivity contribution is 0.0693. The van der Waals surface area contributed by atoms with Gasteiger partial charge < -0.3 is 19.6 Å². The van der Waals surface area contributed by atoms with E-state index in [0.717, 1.165) is 11.0 Å². The van der Waals surface area contributed by atoms with Crippen molar-refractivity contribution >= 4 is 28.4 Å². The minimum Gasteiger partial charge on any atom is -0.496 e. The maximum absolute atomic E-state index is 11.1. The number of aromatic carboxylic acids is 1. The molecule has 3 aromatic rings. The molecule has 3 rings (SSSR count). The van der Waals surface area contributed by atoms with Gasteiger partial charge in [0, 0.05) is 18.0 Å². The Bertz CT molecular complexity index is 810. The molecular formula is C15H12N2O4. The number of furan rings is 1. The third-order valence-electron chi connectivity index (χ3n) is 3.07. The van der Waals surface area contributed by atoms with Crippen LogP contribution in [0.2, 0.25) is 0 Å². The summed E-state index contributed by atoms with van der Waals surface area (Å²) in [5.74, 6) is -0.119. The van der Waals surface area contributed by atoms with E-state index in [9.17, 15) is 4.79 Å². The van der Waals surface area contributed by atoms with Crippen LogP contribution in [0.25, 0.3) is 11.0 Å². The average Bonchev–Trinajstić information content (AvgIpc) is 2.96. The fourth-order valence-corrected chi connectivity index (χ4v) is 2.08. The van der Waals surface area contributed by atoms with Gasteiger partial charge in [-0.05, 0) is 24.3 Å². The van der Waals surface area contributed by atoms with Gasteiger partial charge in [-0.2, -0.15) is 0 Å². The second-order valence-corrected chi connectivity index (χ2v) is 4.34. The number of anilines is 2. The Hall–Kier alpha value is -3.02. The number of pyridine rings is 1. The molecule has 0 aliphatic carbocycles. The molecule has 0 radical (unpaired) electrons. The summed E-state index contributed by atoms with van der Waals surface area (Å²) in [5.41, 5.74) is 1.51. The Kier molecular flexibility index (Phi) is 3.19. The van der Waals surface area contributed by atoms with Crippen molar-refractivity contribution in [3.05, 3.63) is 48.4 Å². The van der Waals surface area contributed by atoms with Crippen LogP contribution in [0.5, 0.6) is 5.75 Å².